The predicted octanol–water partition coefficient (Wildman–Crippen LogP) is 6.63. The smallest absolute Gasteiger partial charge is 0.255 e. The fourth-order valence-electron chi connectivity index (χ4n) is 3.58. The first-order valence-electron chi connectivity index (χ1n) is 10.7. The molecular weight excluding hydrogens is 412 g/mol. The summed E-state index contributed by atoms with van der Waals surface area (Å²) < 4.78 is 11.7. The molecule has 0 bridgehead atoms. The Morgan fingerprint density at radius 2 is 1.76 bits per heavy atom. The van der Waals surface area contributed by atoms with Crippen molar-refractivity contribution in [2.24, 2.45) is 0 Å². The van der Waals surface area contributed by atoms with Crippen molar-refractivity contribution in [3.8, 4) is 17.2 Å². The standard InChI is InChI=1S/C28H22N2O3/c1-19-7-5-11-22(15-19)28-30-25-17-23(13-14-26(25)33-28)29-27(31)21-10-6-12-24(16-21)32-18-20-8-3-2-4-9-20/h2-17H,18H2,1H3,(H,29,31). The Balaban J connectivity index is 1.30. The van der Waals surface area contributed by atoms with Gasteiger partial charge in [0.1, 0.15) is 17.9 Å². The summed E-state index contributed by atoms with van der Waals surface area (Å²) in [4.78, 5) is 17.4. The van der Waals surface area contributed by atoms with Crippen molar-refractivity contribution in [2.45, 2.75) is 13.5 Å². The number of nitrogens with one attached hydrogen (secondary N) is 1. The van der Waals surface area contributed by atoms with Gasteiger partial charge in [-0.05, 0) is 61.0 Å². The van der Waals surface area contributed by atoms with Crippen LogP contribution in [-0.4, -0.2) is 10.9 Å². The Kier molecular flexibility index (Phi) is 5.60. The van der Waals surface area contributed by atoms with Crippen molar-refractivity contribution in [3.63, 3.8) is 0 Å². The highest BCUT2D eigenvalue weighted by Crippen LogP contribution is 2.27. The maximum Gasteiger partial charge on any atom is 0.255 e. The number of rotatable bonds is 6. The molecule has 0 aliphatic heterocycles. The van der Waals surface area contributed by atoms with Gasteiger partial charge in [0.05, 0.1) is 0 Å². The molecule has 0 radical (unpaired) electrons. The molecule has 1 N–H and O–H groups in total. The van der Waals surface area contributed by atoms with Gasteiger partial charge in [0, 0.05) is 16.8 Å². The van der Waals surface area contributed by atoms with Crippen LogP contribution in [-0.2, 0) is 6.61 Å². The molecule has 0 fully saturated rings. The minimum Gasteiger partial charge on any atom is -0.489 e. The Morgan fingerprint density at radius 3 is 2.61 bits per heavy atom. The number of amides is 1. The lowest BCUT2D eigenvalue weighted by molar-refractivity contribution is 0.102. The third-order valence-corrected chi connectivity index (χ3v) is 5.26. The SMILES string of the molecule is Cc1cccc(-c2nc3cc(NC(=O)c4cccc(OCc5ccccc5)c4)ccc3o2)c1. The topological polar surface area (TPSA) is 64.4 Å². The summed E-state index contributed by atoms with van der Waals surface area (Å²) in [6.07, 6.45) is 0. The maximum atomic E-state index is 12.8. The number of hydrogen-bond donors (Lipinski definition) is 1. The molecule has 0 unspecified atom stereocenters. The molecule has 162 valence electrons. The Labute approximate surface area is 191 Å². The zero-order valence-electron chi connectivity index (χ0n) is 18.1. The number of oxazole rings is 1. The Bertz CT molecular complexity index is 1420. The maximum absolute atomic E-state index is 12.8. The molecule has 5 rings (SSSR count). The van der Waals surface area contributed by atoms with E-state index in [4.69, 9.17) is 9.15 Å². The number of aryl methyl sites for hydroxylation is 1. The van der Waals surface area contributed by atoms with Crippen molar-refractivity contribution in [2.75, 3.05) is 5.32 Å². The highest BCUT2D eigenvalue weighted by molar-refractivity contribution is 6.05. The molecule has 0 saturated heterocycles. The summed E-state index contributed by atoms with van der Waals surface area (Å²) in [5, 5.41) is 2.93. The summed E-state index contributed by atoms with van der Waals surface area (Å²) in [6, 6.07) is 30.5. The fraction of sp³-hybridized carbons (Fsp3) is 0.0714. The fourth-order valence-corrected chi connectivity index (χ4v) is 3.58. The molecule has 0 atom stereocenters. The van der Waals surface area contributed by atoms with Crippen molar-refractivity contribution >= 4 is 22.7 Å². The molecule has 1 aromatic heterocycles. The second-order valence-electron chi connectivity index (χ2n) is 7.83. The number of carbonyl (C=O) groups excluding carboxylic acids is 1. The lowest BCUT2D eigenvalue weighted by Gasteiger charge is -2.09. The van der Waals surface area contributed by atoms with E-state index in [0.29, 0.717) is 40.6 Å². The van der Waals surface area contributed by atoms with Crippen LogP contribution in [0.25, 0.3) is 22.6 Å². The van der Waals surface area contributed by atoms with Crippen molar-refractivity contribution in [3.05, 3.63) is 114 Å². The molecule has 1 heterocycles. The van der Waals surface area contributed by atoms with Crippen LogP contribution in [0.2, 0.25) is 0 Å². The Hall–Kier alpha value is -4.38. The van der Waals surface area contributed by atoms with Gasteiger partial charge in [0.15, 0.2) is 5.58 Å². The van der Waals surface area contributed by atoms with Gasteiger partial charge in [-0.3, -0.25) is 4.79 Å². The molecule has 5 nitrogen and oxygen atoms in total. The minimum atomic E-state index is -0.220. The largest absolute Gasteiger partial charge is 0.489 e. The van der Waals surface area contributed by atoms with Crippen molar-refractivity contribution in [1.29, 1.82) is 0 Å². The van der Waals surface area contributed by atoms with Crippen molar-refractivity contribution in [1.82, 2.24) is 4.98 Å². The summed E-state index contributed by atoms with van der Waals surface area (Å²) in [5.41, 5.74) is 5.64. The summed E-state index contributed by atoms with van der Waals surface area (Å²) in [7, 11) is 0. The van der Waals surface area contributed by atoms with Crippen molar-refractivity contribution < 1.29 is 13.9 Å². The van der Waals surface area contributed by atoms with Crippen LogP contribution < -0.4 is 10.1 Å². The third-order valence-electron chi connectivity index (χ3n) is 5.26. The first kappa shape index (κ1) is 20.5. The molecule has 0 spiro atoms. The number of nitrogens with zero attached hydrogens (tertiary/aromatic N) is 1. The van der Waals surface area contributed by atoms with E-state index in [1.54, 1.807) is 18.2 Å². The van der Waals surface area contributed by atoms with Gasteiger partial charge in [-0.2, -0.15) is 0 Å². The lowest BCUT2D eigenvalue weighted by atomic mass is 10.1. The highest BCUT2D eigenvalue weighted by atomic mass is 16.5. The Morgan fingerprint density at radius 1 is 0.909 bits per heavy atom. The first-order valence-corrected chi connectivity index (χ1v) is 10.7. The predicted molar refractivity (Wildman–Crippen MR) is 129 cm³/mol. The second kappa shape index (κ2) is 9.01. The van der Waals surface area contributed by atoms with E-state index in [1.807, 2.05) is 85.8 Å². The second-order valence-corrected chi connectivity index (χ2v) is 7.83. The van der Waals surface area contributed by atoms with Gasteiger partial charge in [0.25, 0.3) is 5.91 Å². The van der Waals surface area contributed by atoms with Gasteiger partial charge < -0.3 is 14.5 Å². The summed E-state index contributed by atoms with van der Waals surface area (Å²) in [6.45, 7) is 2.47. The molecular formula is C28H22N2O3. The monoisotopic (exact) mass is 434 g/mol. The van der Waals surface area contributed by atoms with Crippen LogP contribution in [0, 0.1) is 6.92 Å². The van der Waals surface area contributed by atoms with Crippen LogP contribution in [0.3, 0.4) is 0 Å². The molecule has 0 aliphatic rings. The minimum absolute atomic E-state index is 0.220. The first-order chi connectivity index (χ1) is 16.1. The molecule has 5 heteroatoms. The van der Waals surface area contributed by atoms with Crippen LogP contribution in [0.15, 0.2) is 101 Å². The van der Waals surface area contributed by atoms with E-state index in [1.165, 1.54) is 0 Å². The van der Waals surface area contributed by atoms with Gasteiger partial charge in [0.2, 0.25) is 5.89 Å². The van der Waals surface area contributed by atoms with Gasteiger partial charge >= 0.3 is 0 Å². The van der Waals surface area contributed by atoms with Crippen LogP contribution in [0.4, 0.5) is 5.69 Å². The number of anilines is 1. The third kappa shape index (κ3) is 4.77. The van der Waals surface area contributed by atoms with Gasteiger partial charge in [-0.25, -0.2) is 4.98 Å². The normalized spacial score (nSPS) is 10.8. The molecule has 5 aromatic rings. The molecule has 1 amide bonds. The van der Waals surface area contributed by atoms with E-state index in [-0.39, 0.29) is 5.91 Å². The quantitative estimate of drug-likeness (QED) is 0.326. The van der Waals surface area contributed by atoms with E-state index in [9.17, 15) is 4.79 Å². The van der Waals surface area contributed by atoms with Gasteiger partial charge in [-0.15, -0.1) is 0 Å². The van der Waals surface area contributed by atoms with E-state index in [0.717, 1.165) is 16.7 Å². The molecule has 0 saturated carbocycles. The number of ether oxygens (including phenoxy) is 1. The number of benzene rings is 4. The van der Waals surface area contributed by atoms with Crippen LogP contribution in [0.5, 0.6) is 5.75 Å². The molecule has 33 heavy (non-hydrogen) atoms. The average Bonchev–Trinajstić information content (AvgIpc) is 3.27. The summed E-state index contributed by atoms with van der Waals surface area (Å²) in [5.74, 6) is 0.976. The van der Waals surface area contributed by atoms with Crippen LogP contribution in [0.1, 0.15) is 21.5 Å². The molecule has 4 aromatic carbocycles. The van der Waals surface area contributed by atoms with E-state index < -0.39 is 0 Å². The number of fused-ring (bicyclic) bond motifs is 1. The van der Waals surface area contributed by atoms with Gasteiger partial charge in [-0.1, -0.05) is 54.1 Å². The highest BCUT2D eigenvalue weighted by Gasteiger charge is 2.12. The van der Waals surface area contributed by atoms with E-state index >= 15 is 0 Å². The number of hydrogen-bond acceptors (Lipinski definition) is 4. The lowest BCUT2D eigenvalue weighted by Crippen LogP contribution is -2.12. The van der Waals surface area contributed by atoms with E-state index in [2.05, 4.69) is 10.3 Å². The van der Waals surface area contributed by atoms with Crippen LogP contribution >= 0.6 is 0 Å². The average molecular weight is 434 g/mol. The summed E-state index contributed by atoms with van der Waals surface area (Å²) >= 11 is 0. The number of aromatic nitrogens is 1. The number of carbonyl (C=O) groups is 1. The molecule has 0 aliphatic carbocycles. The zero-order chi connectivity index (χ0) is 22.6. The zero-order valence-corrected chi connectivity index (χ0v) is 18.1.